The third-order valence-electron chi connectivity index (χ3n) is 5.18. The van der Waals surface area contributed by atoms with Gasteiger partial charge in [-0.2, -0.15) is 0 Å². The maximum absolute atomic E-state index is 5.99. The molecule has 5 rings (SSSR count). The summed E-state index contributed by atoms with van der Waals surface area (Å²) in [6, 6.07) is 16.5. The lowest BCUT2D eigenvalue weighted by atomic mass is 10.0. The number of benzene rings is 2. The number of nitrogens with zero attached hydrogens (tertiary/aromatic N) is 2. The van der Waals surface area contributed by atoms with Gasteiger partial charge in [-0.1, -0.05) is 39.8 Å². The van der Waals surface area contributed by atoms with Crippen LogP contribution in [0.2, 0.25) is 0 Å². The molecular weight excluding hydrogens is 380 g/mol. The first-order valence-electron chi connectivity index (χ1n) is 9.89. The highest BCUT2D eigenvalue weighted by Crippen LogP contribution is 2.37. The number of rotatable bonds is 4. The standard InChI is InChI=1S/C24H22N2O2S/c1-13(2)15-5-7-19-17(11-15)25-23(27-19)21-9-10-22(29-21)24-26-18-12-16(14(3)4)6-8-20(18)28-24/h5-14H,1-4H3. The molecule has 3 heterocycles. The first-order chi connectivity index (χ1) is 14.0. The van der Waals surface area contributed by atoms with Gasteiger partial charge in [0.05, 0.1) is 9.75 Å². The molecule has 5 heteroatoms. The SMILES string of the molecule is CC(C)c1ccc2oc(-c3ccc(-c4nc5cc(C(C)C)ccc5o4)s3)nc2c1. The van der Waals surface area contributed by atoms with Crippen LogP contribution in [0.25, 0.3) is 43.7 Å². The van der Waals surface area contributed by atoms with Crippen LogP contribution in [0.1, 0.15) is 50.7 Å². The van der Waals surface area contributed by atoms with E-state index < -0.39 is 0 Å². The normalized spacial score (nSPS) is 12.1. The molecule has 0 unspecified atom stereocenters. The van der Waals surface area contributed by atoms with Gasteiger partial charge in [-0.15, -0.1) is 11.3 Å². The molecule has 0 atom stereocenters. The van der Waals surface area contributed by atoms with Gasteiger partial charge in [0.1, 0.15) is 11.0 Å². The highest BCUT2D eigenvalue weighted by atomic mass is 32.1. The van der Waals surface area contributed by atoms with Crippen molar-refractivity contribution in [1.29, 1.82) is 0 Å². The molecule has 0 aliphatic heterocycles. The summed E-state index contributed by atoms with van der Waals surface area (Å²) in [5, 5.41) is 0. The van der Waals surface area contributed by atoms with Crippen molar-refractivity contribution in [3.63, 3.8) is 0 Å². The van der Waals surface area contributed by atoms with Gasteiger partial charge >= 0.3 is 0 Å². The topological polar surface area (TPSA) is 52.1 Å². The van der Waals surface area contributed by atoms with Crippen LogP contribution in [0.5, 0.6) is 0 Å². The van der Waals surface area contributed by atoms with Gasteiger partial charge in [0.15, 0.2) is 11.2 Å². The minimum absolute atomic E-state index is 0.461. The van der Waals surface area contributed by atoms with Crippen molar-refractivity contribution in [2.45, 2.75) is 39.5 Å². The second kappa shape index (κ2) is 6.85. The Kier molecular flexibility index (Phi) is 4.28. The van der Waals surface area contributed by atoms with E-state index in [-0.39, 0.29) is 0 Å². The molecule has 0 saturated heterocycles. The van der Waals surface area contributed by atoms with Gasteiger partial charge in [-0.3, -0.25) is 0 Å². The zero-order valence-corrected chi connectivity index (χ0v) is 17.7. The van der Waals surface area contributed by atoms with Gasteiger partial charge in [0.25, 0.3) is 0 Å². The maximum Gasteiger partial charge on any atom is 0.237 e. The average Bonchev–Trinajstić information content (AvgIpc) is 3.42. The molecule has 5 aromatic rings. The van der Waals surface area contributed by atoms with Crippen LogP contribution in [0.4, 0.5) is 0 Å². The first kappa shape index (κ1) is 18.1. The summed E-state index contributed by atoms with van der Waals surface area (Å²) < 4.78 is 12.0. The van der Waals surface area contributed by atoms with Crippen LogP contribution in [0, 0.1) is 0 Å². The molecule has 4 nitrogen and oxygen atoms in total. The summed E-state index contributed by atoms with van der Waals surface area (Å²) in [6.07, 6.45) is 0. The van der Waals surface area contributed by atoms with E-state index in [9.17, 15) is 0 Å². The first-order valence-corrected chi connectivity index (χ1v) is 10.7. The summed E-state index contributed by atoms with van der Waals surface area (Å²) >= 11 is 1.58. The Morgan fingerprint density at radius 2 is 1.10 bits per heavy atom. The van der Waals surface area contributed by atoms with Crippen molar-refractivity contribution >= 4 is 33.5 Å². The highest BCUT2D eigenvalue weighted by Gasteiger charge is 2.16. The molecule has 2 aromatic carbocycles. The van der Waals surface area contributed by atoms with Gasteiger partial charge in [-0.25, -0.2) is 9.97 Å². The zero-order chi connectivity index (χ0) is 20.1. The predicted molar refractivity (Wildman–Crippen MR) is 119 cm³/mol. The third kappa shape index (κ3) is 3.25. The Hall–Kier alpha value is -2.92. The van der Waals surface area contributed by atoms with Gasteiger partial charge in [0.2, 0.25) is 11.8 Å². The third-order valence-corrected chi connectivity index (χ3v) is 6.25. The van der Waals surface area contributed by atoms with Crippen LogP contribution < -0.4 is 0 Å². The summed E-state index contributed by atoms with van der Waals surface area (Å²) in [5.74, 6) is 2.19. The quantitative estimate of drug-likeness (QED) is 0.310. The largest absolute Gasteiger partial charge is 0.435 e. The van der Waals surface area contributed by atoms with Crippen LogP contribution in [-0.4, -0.2) is 9.97 Å². The van der Waals surface area contributed by atoms with Crippen LogP contribution >= 0.6 is 11.3 Å². The number of oxazole rings is 2. The Balaban J connectivity index is 1.50. The predicted octanol–water partition coefficient (Wildman–Crippen LogP) is 7.61. The molecule has 3 aromatic heterocycles. The summed E-state index contributed by atoms with van der Waals surface area (Å²) in [5.41, 5.74) is 5.92. The van der Waals surface area contributed by atoms with E-state index in [1.807, 2.05) is 24.3 Å². The van der Waals surface area contributed by atoms with E-state index in [1.54, 1.807) is 11.3 Å². The van der Waals surface area contributed by atoms with E-state index in [0.29, 0.717) is 23.6 Å². The summed E-state index contributed by atoms with van der Waals surface area (Å²) in [4.78, 5) is 11.3. The van der Waals surface area contributed by atoms with E-state index in [4.69, 9.17) is 18.8 Å². The fraction of sp³-hybridized carbons (Fsp3) is 0.250. The lowest BCUT2D eigenvalue weighted by molar-refractivity contribution is 0.621. The fourth-order valence-corrected chi connectivity index (χ4v) is 4.24. The number of fused-ring (bicyclic) bond motifs is 2. The van der Waals surface area contributed by atoms with E-state index >= 15 is 0 Å². The molecule has 0 bridgehead atoms. The Morgan fingerprint density at radius 3 is 1.52 bits per heavy atom. The van der Waals surface area contributed by atoms with Gasteiger partial charge < -0.3 is 8.83 Å². The van der Waals surface area contributed by atoms with E-state index in [1.165, 1.54) is 11.1 Å². The number of aromatic nitrogens is 2. The van der Waals surface area contributed by atoms with Crippen LogP contribution in [0.3, 0.4) is 0 Å². The van der Waals surface area contributed by atoms with Crippen LogP contribution in [-0.2, 0) is 0 Å². The number of thiophene rings is 1. The molecule has 0 saturated carbocycles. The molecule has 0 aliphatic rings. The monoisotopic (exact) mass is 402 g/mol. The van der Waals surface area contributed by atoms with Crippen molar-refractivity contribution in [3.8, 4) is 21.5 Å². The lowest BCUT2D eigenvalue weighted by Crippen LogP contribution is -1.85. The van der Waals surface area contributed by atoms with Gasteiger partial charge in [-0.05, 0) is 59.4 Å². The Bertz CT molecular complexity index is 1220. The molecule has 0 amide bonds. The van der Waals surface area contributed by atoms with Gasteiger partial charge in [0, 0.05) is 0 Å². The van der Waals surface area contributed by atoms with Crippen molar-refractivity contribution < 1.29 is 8.83 Å². The fourth-order valence-electron chi connectivity index (χ4n) is 3.39. The molecule has 29 heavy (non-hydrogen) atoms. The van der Waals surface area contributed by atoms with Crippen LogP contribution in [0.15, 0.2) is 57.4 Å². The van der Waals surface area contributed by atoms with E-state index in [0.717, 1.165) is 32.0 Å². The van der Waals surface area contributed by atoms with Crippen molar-refractivity contribution in [1.82, 2.24) is 9.97 Å². The van der Waals surface area contributed by atoms with Crippen molar-refractivity contribution in [2.75, 3.05) is 0 Å². The lowest BCUT2D eigenvalue weighted by Gasteiger charge is -2.02. The smallest absolute Gasteiger partial charge is 0.237 e. The Labute approximate surface area is 173 Å². The molecule has 0 spiro atoms. The second-order valence-electron chi connectivity index (χ2n) is 7.97. The minimum atomic E-state index is 0.461. The minimum Gasteiger partial charge on any atom is -0.435 e. The molecular formula is C24H22N2O2S. The second-order valence-corrected chi connectivity index (χ2v) is 9.05. The van der Waals surface area contributed by atoms with Crippen molar-refractivity contribution in [3.05, 3.63) is 59.7 Å². The number of hydrogen-bond acceptors (Lipinski definition) is 5. The number of hydrogen-bond donors (Lipinski definition) is 0. The summed E-state index contributed by atoms with van der Waals surface area (Å²) in [7, 11) is 0. The molecule has 146 valence electrons. The Morgan fingerprint density at radius 1 is 0.655 bits per heavy atom. The van der Waals surface area contributed by atoms with E-state index in [2.05, 4.69) is 52.0 Å². The zero-order valence-electron chi connectivity index (χ0n) is 16.9. The average molecular weight is 403 g/mol. The molecule has 0 fully saturated rings. The molecule has 0 radical (unpaired) electrons. The maximum atomic E-state index is 5.99. The van der Waals surface area contributed by atoms with Crippen molar-refractivity contribution in [2.24, 2.45) is 0 Å². The molecule has 0 N–H and O–H groups in total. The summed E-state index contributed by atoms with van der Waals surface area (Å²) in [6.45, 7) is 8.71. The highest BCUT2D eigenvalue weighted by molar-refractivity contribution is 7.18. The molecule has 0 aliphatic carbocycles.